The molecule has 2 aliphatic heterocycles. The van der Waals surface area contributed by atoms with Gasteiger partial charge in [-0.2, -0.15) is 0 Å². The number of hydrogen-bond acceptors (Lipinski definition) is 6. The Hall–Kier alpha value is -2.71. The number of anilines is 1. The van der Waals surface area contributed by atoms with Crippen molar-refractivity contribution in [3.8, 4) is 11.5 Å². The lowest BCUT2D eigenvalue weighted by atomic mass is 10.2. The van der Waals surface area contributed by atoms with Crippen LogP contribution in [0.2, 0.25) is 5.02 Å². The van der Waals surface area contributed by atoms with Gasteiger partial charge >= 0.3 is 5.97 Å². The van der Waals surface area contributed by atoms with Crippen molar-refractivity contribution >= 4 is 46.8 Å². The molecule has 2 aromatic rings. The van der Waals surface area contributed by atoms with Crippen molar-refractivity contribution in [2.45, 2.75) is 30.7 Å². The number of fused-ring (bicyclic) bond motifs is 1. The summed E-state index contributed by atoms with van der Waals surface area (Å²) >= 11 is 7.63. The number of nitrogens with zero attached hydrogens (tertiary/aromatic N) is 1. The predicted octanol–water partition coefficient (Wildman–Crippen LogP) is 4.07. The third-order valence-corrected chi connectivity index (χ3v) is 6.99. The minimum Gasteiger partial charge on any atom is -0.455 e. The first-order valence-electron chi connectivity index (χ1n) is 9.81. The first-order valence-corrected chi connectivity index (χ1v) is 11.2. The van der Waals surface area contributed by atoms with Crippen LogP contribution in [0.4, 0.5) is 5.69 Å². The summed E-state index contributed by atoms with van der Waals surface area (Å²) in [7, 11) is 0. The van der Waals surface area contributed by atoms with Crippen molar-refractivity contribution < 1.29 is 23.9 Å². The first-order chi connectivity index (χ1) is 14.9. The number of thioether (sulfide) groups is 1. The number of nitrogens with one attached hydrogen (secondary N) is 1. The number of ether oxygens (including phenoxy) is 2. The Kier molecular flexibility index (Phi) is 6.11. The van der Waals surface area contributed by atoms with E-state index in [2.05, 4.69) is 5.32 Å². The molecule has 0 aliphatic carbocycles. The van der Waals surface area contributed by atoms with Gasteiger partial charge in [-0.05, 0) is 43.7 Å². The lowest BCUT2D eigenvalue weighted by molar-refractivity contribution is -0.155. The Labute approximate surface area is 189 Å². The van der Waals surface area contributed by atoms with E-state index in [1.807, 2.05) is 25.1 Å². The van der Waals surface area contributed by atoms with Gasteiger partial charge in [0.05, 0.1) is 10.6 Å². The van der Waals surface area contributed by atoms with Gasteiger partial charge in [0.15, 0.2) is 12.4 Å². The summed E-state index contributed by atoms with van der Waals surface area (Å²) in [6, 6.07) is 13.3. The minimum absolute atomic E-state index is 0.0551. The van der Waals surface area contributed by atoms with E-state index < -0.39 is 24.5 Å². The molecule has 2 aromatic carbocycles. The van der Waals surface area contributed by atoms with Crippen LogP contribution in [0.1, 0.15) is 19.8 Å². The molecular weight excluding hydrogens is 440 g/mol. The average Bonchev–Trinajstić information content (AvgIpc) is 3.25. The van der Waals surface area contributed by atoms with E-state index in [4.69, 9.17) is 21.1 Å². The van der Waals surface area contributed by atoms with E-state index in [1.165, 1.54) is 0 Å². The molecule has 2 atom stereocenters. The molecule has 2 amide bonds. The van der Waals surface area contributed by atoms with Crippen molar-refractivity contribution in [2.75, 3.05) is 17.7 Å². The molecule has 1 N–H and O–H groups in total. The van der Waals surface area contributed by atoms with Gasteiger partial charge in [0.2, 0.25) is 5.91 Å². The molecule has 0 bridgehead atoms. The van der Waals surface area contributed by atoms with Gasteiger partial charge in [0.1, 0.15) is 11.8 Å². The number of para-hydroxylation sites is 1. The van der Waals surface area contributed by atoms with Crippen LogP contribution in [0.15, 0.2) is 48.5 Å². The third-order valence-electron chi connectivity index (χ3n) is 5.25. The summed E-state index contributed by atoms with van der Waals surface area (Å²) < 4.78 is 11.0. The minimum atomic E-state index is -0.666. The molecular formula is C22H21ClN2O5S. The topological polar surface area (TPSA) is 84.9 Å². The van der Waals surface area contributed by atoms with Crippen LogP contribution in [0.25, 0.3) is 0 Å². The second-order valence-corrected chi connectivity index (χ2v) is 9.41. The average molecular weight is 461 g/mol. The Bertz CT molecular complexity index is 1020. The van der Waals surface area contributed by atoms with Gasteiger partial charge in [0, 0.05) is 17.2 Å². The van der Waals surface area contributed by atoms with Gasteiger partial charge in [0.25, 0.3) is 5.91 Å². The molecule has 0 saturated carbocycles. The number of hydrogen-bond donors (Lipinski definition) is 1. The number of rotatable bonds is 6. The number of benzene rings is 2. The normalized spacial score (nSPS) is 22.2. The fourth-order valence-electron chi connectivity index (χ4n) is 3.72. The maximum absolute atomic E-state index is 12.5. The van der Waals surface area contributed by atoms with Gasteiger partial charge in [-0.3, -0.25) is 9.59 Å². The molecule has 2 fully saturated rings. The summed E-state index contributed by atoms with van der Waals surface area (Å²) in [5, 5.41) is 3.09. The van der Waals surface area contributed by atoms with Gasteiger partial charge in [-0.1, -0.05) is 29.8 Å². The molecule has 162 valence electrons. The molecule has 2 aliphatic rings. The second kappa shape index (κ2) is 8.80. The highest BCUT2D eigenvalue weighted by Crippen LogP contribution is 2.47. The number of carbonyl (C=O) groups excluding carboxylic acids is 3. The monoisotopic (exact) mass is 460 g/mol. The van der Waals surface area contributed by atoms with Crippen molar-refractivity contribution in [1.29, 1.82) is 0 Å². The van der Waals surface area contributed by atoms with E-state index in [9.17, 15) is 14.4 Å². The molecule has 0 spiro atoms. The Morgan fingerprint density at radius 2 is 2.03 bits per heavy atom. The van der Waals surface area contributed by atoms with Crippen LogP contribution in [0, 0.1) is 0 Å². The smallest absolute Gasteiger partial charge is 0.330 e. The van der Waals surface area contributed by atoms with E-state index >= 15 is 0 Å². The van der Waals surface area contributed by atoms with E-state index in [0.717, 1.165) is 0 Å². The standard InChI is InChI=1S/C22H21ClN2O5S/c1-22-10-9-20(27)25(22)17(13-31-22)21(28)29-12-19(26)24-16-11-14(23)7-8-18(16)30-15-5-3-2-4-6-15/h2-8,11,17H,9-10,12-13H2,1H3,(H,24,26)/t17-,22-/m1/s1. The molecule has 0 unspecified atom stereocenters. The zero-order chi connectivity index (χ0) is 22.0. The molecule has 7 nitrogen and oxygen atoms in total. The quantitative estimate of drug-likeness (QED) is 0.654. The molecule has 0 aromatic heterocycles. The van der Waals surface area contributed by atoms with Crippen molar-refractivity contribution in [3.63, 3.8) is 0 Å². The number of amides is 2. The Balaban J connectivity index is 1.37. The Morgan fingerprint density at radius 1 is 1.26 bits per heavy atom. The van der Waals surface area contributed by atoms with E-state index in [0.29, 0.717) is 40.8 Å². The van der Waals surface area contributed by atoms with E-state index in [1.54, 1.807) is 47.0 Å². The summed E-state index contributed by atoms with van der Waals surface area (Å²) in [6.45, 7) is 1.48. The van der Waals surface area contributed by atoms with Crippen LogP contribution in [-0.2, 0) is 19.1 Å². The fourth-order valence-corrected chi connectivity index (χ4v) is 5.31. The number of esters is 1. The second-order valence-electron chi connectivity index (χ2n) is 7.48. The molecule has 2 saturated heterocycles. The zero-order valence-electron chi connectivity index (χ0n) is 16.8. The molecule has 4 rings (SSSR count). The summed E-state index contributed by atoms with van der Waals surface area (Å²) in [5.41, 5.74) is 0.358. The SMILES string of the molecule is C[C@@]12CCC(=O)N1[C@@H](C(=O)OCC(=O)Nc1cc(Cl)ccc1Oc1ccccc1)CS2. The highest BCUT2D eigenvalue weighted by atomic mass is 35.5. The lowest BCUT2D eigenvalue weighted by Crippen LogP contribution is -2.47. The van der Waals surface area contributed by atoms with Crippen molar-refractivity contribution in [1.82, 2.24) is 4.90 Å². The van der Waals surface area contributed by atoms with Gasteiger partial charge in [-0.15, -0.1) is 11.8 Å². The van der Waals surface area contributed by atoms with E-state index in [-0.39, 0.29) is 10.8 Å². The highest BCUT2D eigenvalue weighted by Gasteiger charge is 2.53. The highest BCUT2D eigenvalue weighted by molar-refractivity contribution is 8.01. The van der Waals surface area contributed by atoms with Crippen LogP contribution >= 0.6 is 23.4 Å². The van der Waals surface area contributed by atoms with Crippen LogP contribution in [0.3, 0.4) is 0 Å². The maximum Gasteiger partial charge on any atom is 0.330 e. The summed E-state index contributed by atoms with van der Waals surface area (Å²) in [5.74, 6) is 0.305. The zero-order valence-corrected chi connectivity index (χ0v) is 18.4. The molecule has 0 radical (unpaired) electrons. The molecule has 31 heavy (non-hydrogen) atoms. The number of carbonyl (C=O) groups is 3. The van der Waals surface area contributed by atoms with Gasteiger partial charge < -0.3 is 19.7 Å². The van der Waals surface area contributed by atoms with Crippen molar-refractivity contribution in [3.05, 3.63) is 53.6 Å². The summed E-state index contributed by atoms with van der Waals surface area (Å²) in [6.07, 6.45) is 1.13. The first kappa shape index (κ1) is 21.5. The molecule has 9 heteroatoms. The third kappa shape index (κ3) is 4.65. The number of halogens is 1. The Morgan fingerprint density at radius 3 is 2.81 bits per heavy atom. The largest absolute Gasteiger partial charge is 0.455 e. The van der Waals surface area contributed by atoms with Crippen LogP contribution in [0.5, 0.6) is 11.5 Å². The van der Waals surface area contributed by atoms with Crippen LogP contribution < -0.4 is 10.1 Å². The fraction of sp³-hybridized carbons (Fsp3) is 0.318. The summed E-state index contributed by atoms with van der Waals surface area (Å²) in [4.78, 5) is 38.4. The van der Waals surface area contributed by atoms with Crippen LogP contribution in [-0.4, -0.2) is 46.0 Å². The lowest BCUT2D eigenvalue weighted by Gasteiger charge is -2.29. The maximum atomic E-state index is 12.5. The predicted molar refractivity (Wildman–Crippen MR) is 118 cm³/mol. The van der Waals surface area contributed by atoms with Crippen molar-refractivity contribution in [2.24, 2.45) is 0 Å². The van der Waals surface area contributed by atoms with Gasteiger partial charge in [-0.25, -0.2) is 4.79 Å². The molecule has 2 heterocycles.